The van der Waals surface area contributed by atoms with Crippen LogP contribution in [0.5, 0.6) is 0 Å². The van der Waals surface area contributed by atoms with Crippen molar-refractivity contribution in [2.45, 2.75) is 26.4 Å². The number of hydrogen-bond donors (Lipinski definition) is 1. The summed E-state index contributed by atoms with van der Waals surface area (Å²) in [6, 6.07) is 1.81. The molecule has 0 saturated heterocycles. The van der Waals surface area contributed by atoms with Gasteiger partial charge in [-0.3, -0.25) is 0 Å². The summed E-state index contributed by atoms with van der Waals surface area (Å²) in [5.74, 6) is 0. The lowest BCUT2D eigenvalue weighted by atomic mass is 10.5. The highest BCUT2D eigenvalue weighted by atomic mass is 32.2. The van der Waals surface area contributed by atoms with Crippen LogP contribution in [0.15, 0.2) is 0 Å². The summed E-state index contributed by atoms with van der Waals surface area (Å²) in [5.41, 5.74) is 0. The lowest BCUT2D eigenvalue weighted by Gasteiger charge is -2.16. The molecule has 0 unspecified atom stereocenters. The minimum absolute atomic E-state index is 0.0147. The second-order valence-electron chi connectivity index (χ2n) is 3.29. The van der Waals surface area contributed by atoms with E-state index in [0.717, 1.165) is 4.31 Å². The Morgan fingerprint density at radius 1 is 1.56 bits per heavy atom. The number of nitriles is 1. The summed E-state index contributed by atoms with van der Waals surface area (Å²) in [6.07, 6.45) is -1.38. The normalized spacial score (nSPS) is 11.2. The van der Waals surface area contributed by atoms with Gasteiger partial charge in [0, 0.05) is 20.0 Å². The van der Waals surface area contributed by atoms with Crippen molar-refractivity contribution in [1.29, 1.82) is 5.26 Å². The molecule has 16 heavy (non-hydrogen) atoms. The average Bonchev–Trinajstić information content (AvgIpc) is 2.11. The highest BCUT2D eigenvalue weighted by Gasteiger charge is 2.21. The lowest BCUT2D eigenvalue weighted by molar-refractivity contribution is 0.121. The highest BCUT2D eigenvalue weighted by molar-refractivity contribution is 7.87. The van der Waals surface area contributed by atoms with Gasteiger partial charge in [-0.2, -0.15) is 18.0 Å². The molecule has 0 aromatic carbocycles. The van der Waals surface area contributed by atoms with Crippen LogP contribution in [-0.2, 0) is 14.9 Å². The molecule has 0 aromatic heterocycles. The first-order valence-electron chi connectivity index (χ1n) is 4.61. The minimum atomic E-state index is -3.92. The summed E-state index contributed by atoms with van der Waals surface area (Å²) in [5, 5.41) is 8.30. The van der Waals surface area contributed by atoms with E-state index >= 15 is 0 Å². The standard InChI is InChI=1S/C8H15N3O4S/c1-7(2)15-8(12)10-16(13,14)11(3)6-4-5-9/h7H,4,6H2,1-3H3,(H,10,12). The van der Waals surface area contributed by atoms with Crippen molar-refractivity contribution in [3.05, 3.63) is 0 Å². The first-order valence-corrected chi connectivity index (χ1v) is 6.05. The molecule has 0 rings (SSSR count). The van der Waals surface area contributed by atoms with Gasteiger partial charge >= 0.3 is 16.3 Å². The van der Waals surface area contributed by atoms with E-state index in [-0.39, 0.29) is 13.0 Å². The van der Waals surface area contributed by atoms with E-state index in [0.29, 0.717) is 0 Å². The Hall–Kier alpha value is -1.33. The maximum absolute atomic E-state index is 11.4. The van der Waals surface area contributed by atoms with E-state index in [1.807, 2.05) is 0 Å². The molecule has 0 aliphatic heterocycles. The Labute approximate surface area is 95.2 Å². The summed E-state index contributed by atoms with van der Waals surface area (Å²) < 4.78 is 30.1. The third-order valence-corrected chi connectivity index (χ3v) is 2.93. The number of carbonyl (C=O) groups excluding carboxylic acids is 1. The number of nitrogens with one attached hydrogen (secondary N) is 1. The first kappa shape index (κ1) is 14.7. The van der Waals surface area contributed by atoms with E-state index in [4.69, 9.17) is 5.26 Å². The fraction of sp³-hybridized carbons (Fsp3) is 0.750. The predicted octanol–water partition coefficient (Wildman–Crippen LogP) is 0.211. The smallest absolute Gasteiger partial charge is 0.422 e. The number of nitrogens with zero attached hydrogens (tertiary/aromatic N) is 2. The molecule has 0 fully saturated rings. The predicted molar refractivity (Wildman–Crippen MR) is 56.5 cm³/mol. The van der Waals surface area contributed by atoms with Gasteiger partial charge in [-0.1, -0.05) is 0 Å². The van der Waals surface area contributed by atoms with Crippen molar-refractivity contribution in [3.8, 4) is 6.07 Å². The molecule has 0 atom stereocenters. The molecular formula is C8H15N3O4S. The average molecular weight is 249 g/mol. The monoisotopic (exact) mass is 249 g/mol. The van der Waals surface area contributed by atoms with Crippen LogP contribution in [0.1, 0.15) is 20.3 Å². The van der Waals surface area contributed by atoms with Gasteiger partial charge in [0.2, 0.25) is 0 Å². The van der Waals surface area contributed by atoms with E-state index < -0.39 is 22.4 Å². The van der Waals surface area contributed by atoms with Crippen molar-refractivity contribution in [2.75, 3.05) is 13.6 Å². The molecule has 7 nitrogen and oxygen atoms in total. The van der Waals surface area contributed by atoms with Crippen LogP contribution in [0, 0.1) is 11.3 Å². The Morgan fingerprint density at radius 3 is 2.56 bits per heavy atom. The Bertz CT molecular complexity index is 371. The second-order valence-corrected chi connectivity index (χ2v) is 5.07. The van der Waals surface area contributed by atoms with Crippen LogP contribution in [0.3, 0.4) is 0 Å². The van der Waals surface area contributed by atoms with Crippen LogP contribution in [0.4, 0.5) is 4.79 Å². The molecule has 8 heteroatoms. The summed E-state index contributed by atoms with van der Waals surface area (Å²) in [6.45, 7) is 3.22. The van der Waals surface area contributed by atoms with E-state index in [9.17, 15) is 13.2 Å². The molecule has 0 bridgehead atoms. The van der Waals surface area contributed by atoms with Crippen LogP contribution < -0.4 is 4.72 Å². The number of carbonyl (C=O) groups is 1. The van der Waals surface area contributed by atoms with Gasteiger partial charge in [0.25, 0.3) is 0 Å². The van der Waals surface area contributed by atoms with Gasteiger partial charge in [0.05, 0.1) is 12.2 Å². The van der Waals surface area contributed by atoms with Gasteiger partial charge in [0.15, 0.2) is 0 Å². The number of amides is 1. The summed E-state index contributed by atoms with van der Waals surface area (Å²) in [7, 11) is -2.65. The van der Waals surface area contributed by atoms with E-state index in [2.05, 4.69) is 4.74 Å². The largest absolute Gasteiger partial charge is 0.446 e. The molecule has 0 saturated carbocycles. The van der Waals surface area contributed by atoms with Crippen LogP contribution in [0.2, 0.25) is 0 Å². The van der Waals surface area contributed by atoms with Gasteiger partial charge in [-0.25, -0.2) is 9.52 Å². The number of ether oxygens (including phenoxy) is 1. The quantitative estimate of drug-likeness (QED) is 0.750. The fourth-order valence-corrected chi connectivity index (χ4v) is 1.50. The number of hydrogen-bond acceptors (Lipinski definition) is 5. The van der Waals surface area contributed by atoms with E-state index in [1.165, 1.54) is 7.05 Å². The molecule has 1 N–H and O–H groups in total. The zero-order valence-electron chi connectivity index (χ0n) is 9.43. The Morgan fingerprint density at radius 2 is 2.12 bits per heavy atom. The topological polar surface area (TPSA) is 99.5 Å². The first-order chi connectivity index (χ1) is 7.29. The van der Waals surface area contributed by atoms with Crippen LogP contribution in [-0.4, -0.2) is 38.5 Å². The third kappa shape index (κ3) is 5.53. The highest BCUT2D eigenvalue weighted by Crippen LogP contribution is 1.97. The van der Waals surface area contributed by atoms with Crippen molar-refractivity contribution < 1.29 is 17.9 Å². The van der Waals surface area contributed by atoms with E-state index in [1.54, 1.807) is 24.6 Å². The molecule has 1 amide bonds. The lowest BCUT2D eigenvalue weighted by Crippen LogP contribution is -2.42. The van der Waals surface area contributed by atoms with Crippen molar-refractivity contribution in [3.63, 3.8) is 0 Å². The summed E-state index contributed by atoms with van der Waals surface area (Å²) >= 11 is 0. The molecule has 0 radical (unpaired) electrons. The van der Waals surface area contributed by atoms with Gasteiger partial charge in [0.1, 0.15) is 0 Å². The molecule has 92 valence electrons. The van der Waals surface area contributed by atoms with Gasteiger partial charge in [-0.15, -0.1) is 0 Å². The molecule has 0 spiro atoms. The minimum Gasteiger partial charge on any atom is -0.446 e. The molecule has 0 heterocycles. The second kappa shape index (κ2) is 6.30. The van der Waals surface area contributed by atoms with Gasteiger partial charge in [-0.05, 0) is 13.8 Å². The van der Waals surface area contributed by atoms with Gasteiger partial charge < -0.3 is 4.74 Å². The molecular weight excluding hydrogens is 234 g/mol. The fourth-order valence-electron chi connectivity index (χ4n) is 0.749. The SMILES string of the molecule is CC(C)OC(=O)NS(=O)(=O)N(C)CCC#N. The maximum Gasteiger partial charge on any atom is 0.422 e. The number of rotatable bonds is 5. The summed E-state index contributed by atoms with van der Waals surface area (Å²) in [4.78, 5) is 11.0. The third-order valence-electron chi connectivity index (χ3n) is 1.50. The molecule has 0 aliphatic carbocycles. The zero-order chi connectivity index (χ0) is 12.8. The zero-order valence-corrected chi connectivity index (χ0v) is 10.2. The Kier molecular flexibility index (Phi) is 5.77. The van der Waals surface area contributed by atoms with Crippen molar-refractivity contribution in [2.24, 2.45) is 0 Å². The van der Waals surface area contributed by atoms with Crippen molar-refractivity contribution in [1.82, 2.24) is 9.03 Å². The van der Waals surface area contributed by atoms with Crippen LogP contribution in [0.25, 0.3) is 0 Å². The Balaban J connectivity index is 4.35. The maximum atomic E-state index is 11.4. The molecule has 0 aromatic rings. The van der Waals surface area contributed by atoms with Crippen LogP contribution >= 0.6 is 0 Å². The van der Waals surface area contributed by atoms with Crippen molar-refractivity contribution >= 4 is 16.3 Å². The molecule has 0 aliphatic rings.